The van der Waals surface area contributed by atoms with Gasteiger partial charge in [-0.3, -0.25) is 0 Å². The zero-order chi connectivity index (χ0) is 16.9. The van der Waals surface area contributed by atoms with Gasteiger partial charge in [0, 0.05) is 29.1 Å². The number of hydrogen-bond donors (Lipinski definition) is 1. The fraction of sp³-hybridized carbons (Fsp3) is 0.500. The second kappa shape index (κ2) is 8.30. The monoisotopic (exact) mass is 366 g/mol. The van der Waals surface area contributed by atoms with Crippen molar-refractivity contribution in [2.75, 3.05) is 32.8 Å². The third-order valence-electron chi connectivity index (χ3n) is 4.56. The summed E-state index contributed by atoms with van der Waals surface area (Å²) in [6.07, 6.45) is 1.16. The maximum Gasteiger partial charge on any atom is 0.190 e. The first-order valence-corrected chi connectivity index (χ1v) is 9.77. The van der Waals surface area contributed by atoms with Gasteiger partial charge in [0.05, 0.1) is 25.4 Å². The van der Waals surface area contributed by atoms with Crippen LogP contribution in [-0.2, 0) is 11.3 Å². The maximum absolute atomic E-state index is 6.22. The molecule has 0 bridgehead atoms. The van der Waals surface area contributed by atoms with Crippen molar-refractivity contribution in [2.24, 2.45) is 4.99 Å². The van der Waals surface area contributed by atoms with Gasteiger partial charge in [-0.2, -0.15) is 0 Å². The standard InChI is InChI=1S/C18H24ClN3OS/c1-14-13-24-18(20-17-6-3-5-16(19)15(17)2)22(14)8-4-7-21-9-11-23-12-10-21/h3,5-6,13H,4,7-12H2,1-2H3/p+1. The van der Waals surface area contributed by atoms with Gasteiger partial charge in [-0.15, -0.1) is 11.3 Å². The molecule has 0 atom stereocenters. The van der Waals surface area contributed by atoms with Gasteiger partial charge in [0.2, 0.25) is 0 Å². The SMILES string of the molecule is Cc1c(Cl)cccc1N=c1scc(C)n1CCC[NH+]1CCOCC1. The molecule has 1 aromatic heterocycles. The third kappa shape index (κ3) is 4.28. The molecule has 0 radical (unpaired) electrons. The summed E-state index contributed by atoms with van der Waals surface area (Å²) in [5, 5.41) is 2.95. The number of benzene rings is 1. The van der Waals surface area contributed by atoms with E-state index in [1.54, 1.807) is 16.2 Å². The Kier molecular flexibility index (Phi) is 6.11. The van der Waals surface area contributed by atoms with Crippen molar-refractivity contribution in [1.29, 1.82) is 0 Å². The average Bonchev–Trinajstić information content (AvgIpc) is 2.93. The molecule has 4 nitrogen and oxygen atoms in total. The van der Waals surface area contributed by atoms with Crippen LogP contribution in [-0.4, -0.2) is 37.4 Å². The van der Waals surface area contributed by atoms with Crippen LogP contribution in [0.25, 0.3) is 0 Å². The summed E-state index contributed by atoms with van der Waals surface area (Å²) < 4.78 is 7.75. The van der Waals surface area contributed by atoms with E-state index < -0.39 is 0 Å². The van der Waals surface area contributed by atoms with Gasteiger partial charge in [-0.05, 0) is 31.5 Å². The molecular formula is C18H25ClN3OS+. The number of quaternary nitrogens is 1. The van der Waals surface area contributed by atoms with Crippen molar-refractivity contribution in [2.45, 2.75) is 26.8 Å². The Morgan fingerprint density at radius 3 is 2.88 bits per heavy atom. The molecule has 1 saturated heterocycles. The summed E-state index contributed by atoms with van der Waals surface area (Å²) in [5.41, 5.74) is 3.27. The molecular weight excluding hydrogens is 342 g/mol. The van der Waals surface area contributed by atoms with Gasteiger partial charge in [0.1, 0.15) is 13.1 Å². The number of morpholine rings is 1. The van der Waals surface area contributed by atoms with E-state index >= 15 is 0 Å². The van der Waals surface area contributed by atoms with Gasteiger partial charge in [-0.25, -0.2) is 4.99 Å². The van der Waals surface area contributed by atoms with E-state index in [4.69, 9.17) is 21.3 Å². The van der Waals surface area contributed by atoms with Crippen molar-refractivity contribution in [3.8, 4) is 0 Å². The molecule has 6 heteroatoms. The quantitative estimate of drug-likeness (QED) is 0.865. The van der Waals surface area contributed by atoms with Gasteiger partial charge in [0.25, 0.3) is 0 Å². The van der Waals surface area contributed by atoms with Crippen molar-refractivity contribution in [1.82, 2.24) is 4.57 Å². The number of rotatable bonds is 5. The van der Waals surface area contributed by atoms with Gasteiger partial charge in [-0.1, -0.05) is 17.7 Å². The first kappa shape index (κ1) is 17.7. The molecule has 0 saturated carbocycles. The second-order valence-corrected chi connectivity index (χ2v) is 7.52. The molecule has 0 spiro atoms. The van der Waals surface area contributed by atoms with Gasteiger partial charge in [0.15, 0.2) is 4.80 Å². The van der Waals surface area contributed by atoms with E-state index in [0.29, 0.717) is 0 Å². The number of aromatic nitrogens is 1. The van der Waals surface area contributed by atoms with E-state index in [-0.39, 0.29) is 0 Å². The lowest BCUT2D eigenvalue weighted by molar-refractivity contribution is -0.908. The van der Waals surface area contributed by atoms with E-state index in [1.807, 2.05) is 25.1 Å². The van der Waals surface area contributed by atoms with Crippen molar-refractivity contribution in [3.05, 3.63) is 44.7 Å². The Labute approximate surface area is 152 Å². The molecule has 24 heavy (non-hydrogen) atoms. The Bertz CT molecular complexity index is 747. The van der Waals surface area contributed by atoms with Crippen LogP contribution in [0, 0.1) is 13.8 Å². The lowest BCUT2D eigenvalue weighted by atomic mass is 10.2. The summed E-state index contributed by atoms with van der Waals surface area (Å²) in [6.45, 7) is 10.4. The molecule has 0 aliphatic carbocycles. The highest BCUT2D eigenvalue weighted by Gasteiger charge is 2.13. The minimum atomic E-state index is 0.770. The molecule has 1 fully saturated rings. The lowest BCUT2D eigenvalue weighted by Gasteiger charge is -2.23. The van der Waals surface area contributed by atoms with E-state index in [2.05, 4.69) is 16.9 Å². The van der Waals surface area contributed by atoms with Crippen LogP contribution >= 0.6 is 22.9 Å². The number of hydrogen-bond acceptors (Lipinski definition) is 3. The molecule has 130 valence electrons. The summed E-state index contributed by atoms with van der Waals surface area (Å²) in [7, 11) is 0. The topological polar surface area (TPSA) is 31.0 Å². The molecule has 1 aliphatic rings. The molecule has 1 aliphatic heterocycles. The average molecular weight is 367 g/mol. The van der Waals surface area contributed by atoms with Crippen LogP contribution in [0.3, 0.4) is 0 Å². The highest BCUT2D eigenvalue weighted by atomic mass is 35.5. The summed E-state index contributed by atoms with van der Waals surface area (Å²) in [6, 6.07) is 5.90. The zero-order valence-corrected chi connectivity index (χ0v) is 15.9. The number of nitrogens with one attached hydrogen (secondary N) is 1. The smallest absolute Gasteiger partial charge is 0.190 e. The molecule has 0 amide bonds. The Balaban J connectivity index is 1.73. The van der Waals surface area contributed by atoms with Gasteiger partial charge >= 0.3 is 0 Å². The Hall–Kier alpha value is -1.14. The number of thiazole rings is 1. The predicted octanol–water partition coefficient (Wildman–Crippen LogP) is 2.36. The Morgan fingerprint density at radius 1 is 1.29 bits per heavy atom. The highest BCUT2D eigenvalue weighted by molar-refractivity contribution is 7.07. The van der Waals surface area contributed by atoms with Crippen molar-refractivity contribution < 1.29 is 9.64 Å². The van der Waals surface area contributed by atoms with Crippen molar-refractivity contribution >= 4 is 28.6 Å². The van der Waals surface area contributed by atoms with Crippen LogP contribution in [0.15, 0.2) is 28.6 Å². The minimum Gasteiger partial charge on any atom is -0.370 e. The third-order valence-corrected chi connectivity index (χ3v) is 5.95. The number of aryl methyl sites for hydroxylation is 1. The van der Waals surface area contributed by atoms with E-state index in [0.717, 1.165) is 60.3 Å². The van der Waals surface area contributed by atoms with Crippen LogP contribution in [0.5, 0.6) is 0 Å². The summed E-state index contributed by atoms with van der Waals surface area (Å²) in [4.78, 5) is 7.56. The van der Waals surface area contributed by atoms with Crippen LogP contribution in [0.4, 0.5) is 5.69 Å². The van der Waals surface area contributed by atoms with Crippen LogP contribution in [0.2, 0.25) is 5.02 Å². The maximum atomic E-state index is 6.22. The van der Waals surface area contributed by atoms with E-state index in [9.17, 15) is 0 Å². The molecule has 3 rings (SSSR count). The fourth-order valence-corrected chi connectivity index (χ4v) is 4.08. The fourth-order valence-electron chi connectivity index (χ4n) is 2.99. The minimum absolute atomic E-state index is 0.770. The molecule has 1 N–H and O–H groups in total. The van der Waals surface area contributed by atoms with Crippen LogP contribution in [0.1, 0.15) is 17.7 Å². The summed E-state index contributed by atoms with van der Waals surface area (Å²) >= 11 is 7.92. The Morgan fingerprint density at radius 2 is 2.08 bits per heavy atom. The molecule has 2 aromatic rings. The highest BCUT2D eigenvalue weighted by Crippen LogP contribution is 2.25. The number of halogens is 1. The number of ether oxygens (including phenoxy) is 1. The molecule has 1 aromatic carbocycles. The lowest BCUT2D eigenvalue weighted by Crippen LogP contribution is -3.14. The largest absolute Gasteiger partial charge is 0.370 e. The predicted molar refractivity (Wildman–Crippen MR) is 99.5 cm³/mol. The normalized spacial score (nSPS) is 16.7. The van der Waals surface area contributed by atoms with Gasteiger partial charge < -0.3 is 14.2 Å². The summed E-state index contributed by atoms with van der Waals surface area (Å²) in [5.74, 6) is 0. The first-order chi connectivity index (χ1) is 11.6. The number of nitrogens with zero attached hydrogens (tertiary/aromatic N) is 2. The zero-order valence-electron chi connectivity index (χ0n) is 14.3. The molecule has 2 heterocycles. The van der Waals surface area contributed by atoms with Crippen LogP contribution < -0.4 is 9.70 Å². The van der Waals surface area contributed by atoms with Crippen molar-refractivity contribution in [3.63, 3.8) is 0 Å². The molecule has 0 unspecified atom stereocenters. The van der Waals surface area contributed by atoms with E-state index in [1.165, 1.54) is 12.2 Å². The first-order valence-electron chi connectivity index (χ1n) is 8.51. The second-order valence-electron chi connectivity index (χ2n) is 6.27.